The number of aromatic hydroxyl groups is 1. The van der Waals surface area contributed by atoms with E-state index in [1.165, 1.54) is 20.1 Å². The molecule has 4 heterocycles. The molecule has 0 saturated heterocycles. The molecule has 9 rings (SSSR count). The number of aromatic nitrogens is 4. The van der Waals surface area contributed by atoms with Crippen molar-refractivity contribution in [2.75, 3.05) is 7.11 Å². The first-order valence-electron chi connectivity index (χ1n) is 21.1. The molecule has 0 aliphatic heterocycles. The van der Waals surface area contributed by atoms with Crippen molar-refractivity contribution < 1.29 is 33.8 Å². The van der Waals surface area contributed by atoms with Crippen molar-refractivity contribution in [3.63, 3.8) is 0 Å². The summed E-state index contributed by atoms with van der Waals surface area (Å²) in [5, 5.41) is 22.3. The van der Waals surface area contributed by atoms with Gasteiger partial charge in [0.15, 0.2) is 11.5 Å². The molecule has 3 atom stereocenters. The number of rotatable bonds is 15. The second-order valence-electron chi connectivity index (χ2n) is 15.9. The number of phenols is 1. The lowest BCUT2D eigenvalue weighted by atomic mass is 10.0. The van der Waals surface area contributed by atoms with E-state index in [1.807, 2.05) is 103 Å². The molecule has 0 unspecified atom stereocenters. The lowest BCUT2D eigenvalue weighted by Gasteiger charge is -2.24. The third-order valence-electron chi connectivity index (χ3n) is 11.6. The molecule has 0 fully saturated rings. The van der Waals surface area contributed by atoms with E-state index in [-0.39, 0.29) is 36.6 Å². The third-order valence-corrected chi connectivity index (χ3v) is 11.6. The van der Waals surface area contributed by atoms with Crippen LogP contribution in [0.5, 0.6) is 11.5 Å². The predicted octanol–water partition coefficient (Wildman–Crippen LogP) is 7.38. The highest BCUT2D eigenvalue weighted by molar-refractivity contribution is 6.13. The maximum Gasteiger partial charge on any atom is 0.328 e. The number of hydrogen-bond donors (Lipinski definition) is 7. The number of H-pyrrole nitrogens is 3. The standard InChI is InChI=1S/C51H45N7O7/c1-29(51(63)65-28-30-12-4-3-5-13-30)54-48(60)41(22-32-26-52-38-17-9-6-14-34(32)38)57-49(61)42(23-33-27-53-39-18-10-7-15-35(33)39)58-50(62)43-25-37-36-16-8-11-19-40(36)55-47(37)46(56-43)31-20-21-44(59)45(24-31)64-2/h3-21,24-27,29,41-42,52-53,55,59H,22-23,28H2,1-2H3,(H,54,60)(H,57,61)(H,58,62)/t29-,41-,42-/m0/s1. The maximum atomic E-state index is 14.8. The first-order chi connectivity index (χ1) is 31.6. The van der Waals surface area contributed by atoms with Gasteiger partial charge in [0.05, 0.1) is 18.3 Å². The summed E-state index contributed by atoms with van der Waals surface area (Å²) in [5.74, 6) is -2.38. The SMILES string of the molecule is COc1cc(-c2nc(C(=O)N[C@@H](Cc3c[nH]c4ccccc34)C(=O)N[C@@H](Cc3c[nH]c4ccccc34)C(=O)N[C@@H](C)C(=O)OCc3ccccc3)cc3c2[nH]c2ccccc23)ccc1O. The van der Waals surface area contributed by atoms with Gasteiger partial charge >= 0.3 is 5.97 Å². The van der Waals surface area contributed by atoms with Crippen molar-refractivity contribution in [1.82, 2.24) is 35.9 Å². The highest BCUT2D eigenvalue weighted by Gasteiger charge is 2.31. The Morgan fingerprint density at radius 2 is 1.25 bits per heavy atom. The zero-order chi connectivity index (χ0) is 45.0. The van der Waals surface area contributed by atoms with Crippen LogP contribution < -0.4 is 20.7 Å². The fourth-order valence-corrected chi connectivity index (χ4v) is 8.19. The first-order valence-corrected chi connectivity index (χ1v) is 21.1. The van der Waals surface area contributed by atoms with E-state index in [2.05, 4.69) is 30.9 Å². The summed E-state index contributed by atoms with van der Waals surface area (Å²) < 4.78 is 10.9. The number of nitrogens with zero attached hydrogens (tertiary/aromatic N) is 1. The van der Waals surface area contributed by atoms with Crippen molar-refractivity contribution in [2.24, 2.45) is 0 Å². The molecule has 0 bridgehead atoms. The van der Waals surface area contributed by atoms with Crippen LogP contribution in [0.3, 0.4) is 0 Å². The van der Waals surface area contributed by atoms with Gasteiger partial charge in [0.25, 0.3) is 5.91 Å². The largest absolute Gasteiger partial charge is 0.504 e. The van der Waals surface area contributed by atoms with Crippen LogP contribution in [0, 0.1) is 0 Å². The summed E-state index contributed by atoms with van der Waals surface area (Å²) >= 11 is 0. The van der Waals surface area contributed by atoms with Gasteiger partial charge in [-0.15, -0.1) is 0 Å². The number of esters is 1. The predicted molar refractivity (Wildman–Crippen MR) is 248 cm³/mol. The average Bonchev–Trinajstić information content (AvgIpc) is 4.05. The minimum absolute atomic E-state index is 0.0250. The number of para-hydroxylation sites is 3. The number of benzene rings is 5. The molecule has 0 aliphatic rings. The van der Waals surface area contributed by atoms with Gasteiger partial charge in [0, 0.05) is 68.9 Å². The first kappa shape index (κ1) is 41.9. The van der Waals surface area contributed by atoms with Crippen LogP contribution >= 0.6 is 0 Å². The van der Waals surface area contributed by atoms with Gasteiger partial charge in [-0.3, -0.25) is 14.4 Å². The number of carbonyl (C=O) groups excluding carboxylic acids is 4. The fourth-order valence-electron chi connectivity index (χ4n) is 8.19. The van der Waals surface area contributed by atoms with Crippen LogP contribution in [0.15, 0.2) is 140 Å². The molecule has 0 aliphatic carbocycles. The van der Waals surface area contributed by atoms with Crippen LogP contribution in [0.25, 0.3) is 54.9 Å². The van der Waals surface area contributed by atoms with E-state index in [9.17, 15) is 24.3 Å². The minimum Gasteiger partial charge on any atom is -0.504 e. The number of aromatic amines is 3. The molecule has 0 saturated carbocycles. The van der Waals surface area contributed by atoms with E-state index in [0.29, 0.717) is 22.2 Å². The Bertz CT molecular complexity index is 3230. The number of carbonyl (C=O) groups is 4. The summed E-state index contributed by atoms with van der Waals surface area (Å²) in [5.41, 5.74) is 6.50. The number of fused-ring (bicyclic) bond motifs is 5. The Labute approximate surface area is 372 Å². The second kappa shape index (κ2) is 18.1. The lowest BCUT2D eigenvalue weighted by Crippen LogP contribution is -2.56. The van der Waals surface area contributed by atoms with Crippen molar-refractivity contribution in [3.8, 4) is 22.8 Å². The van der Waals surface area contributed by atoms with Gasteiger partial charge in [-0.05, 0) is 66.1 Å². The molecule has 3 amide bonds. The Kier molecular flexibility index (Phi) is 11.7. The number of ether oxygens (including phenoxy) is 2. The smallest absolute Gasteiger partial charge is 0.328 e. The zero-order valence-electron chi connectivity index (χ0n) is 35.5. The van der Waals surface area contributed by atoms with Crippen LogP contribution in [0.2, 0.25) is 0 Å². The molecular weight excluding hydrogens is 823 g/mol. The summed E-state index contributed by atoms with van der Waals surface area (Å²) in [6, 6.07) is 35.1. The molecule has 4 aromatic heterocycles. The van der Waals surface area contributed by atoms with Gasteiger partial charge in [-0.2, -0.15) is 0 Å². The average molecular weight is 868 g/mol. The zero-order valence-corrected chi connectivity index (χ0v) is 35.5. The normalized spacial score (nSPS) is 12.8. The van der Waals surface area contributed by atoms with E-state index >= 15 is 0 Å². The molecule has 0 radical (unpaired) electrons. The molecule has 9 aromatic rings. The van der Waals surface area contributed by atoms with Crippen LogP contribution in [-0.4, -0.2) is 74.0 Å². The molecule has 14 heteroatoms. The summed E-state index contributed by atoms with van der Waals surface area (Å²) in [6.45, 7) is 1.55. The Balaban J connectivity index is 1.05. The number of amides is 3. The van der Waals surface area contributed by atoms with Crippen molar-refractivity contribution in [1.29, 1.82) is 0 Å². The Morgan fingerprint density at radius 3 is 1.91 bits per heavy atom. The molecule has 0 spiro atoms. The molecule has 14 nitrogen and oxygen atoms in total. The fraction of sp³-hybridized carbons (Fsp3) is 0.157. The quantitative estimate of drug-likeness (QED) is 0.0517. The van der Waals surface area contributed by atoms with Crippen LogP contribution in [0.4, 0.5) is 0 Å². The highest BCUT2D eigenvalue weighted by Crippen LogP contribution is 2.36. The van der Waals surface area contributed by atoms with E-state index in [4.69, 9.17) is 14.5 Å². The van der Waals surface area contributed by atoms with Gasteiger partial charge in [-0.1, -0.05) is 84.9 Å². The molecule has 7 N–H and O–H groups in total. The van der Waals surface area contributed by atoms with E-state index in [1.54, 1.807) is 30.6 Å². The van der Waals surface area contributed by atoms with Crippen LogP contribution in [0.1, 0.15) is 34.1 Å². The summed E-state index contributed by atoms with van der Waals surface area (Å²) in [6.07, 6.45) is 3.68. The summed E-state index contributed by atoms with van der Waals surface area (Å²) in [7, 11) is 1.45. The van der Waals surface area contributed by atoms with E-state index in [0.717, 1.165) is 49.4 Å². The minimum atomic E-state index is -1.22. The van der Waals surface area contributed by atoms with E-state index < -0.39 is 41.8 Å². The lowest BCUT2D eigenvalue weighted by molar-refractivity contribution is -0.148. The highest BCUT2D eigenvalue weighted by atomic mass is 16.5. The van der Waals surface area contributed by atoms with Gasteiger partial charge in [-0.25, -0.2) is 9.78 Å². The number of phenolic OH excluding ortho intramolecular Hbond substituents is 1. The van der Waals surface area contributed by atoms with Gasteiger partial charge in [0.1, 0.15) is 30.4 Å². The molecule has 326 valence electrons. The topological polar surface area (TPSA) is 203 Å². The van der Waals surface area contributed by atoms with Crippen LogP contribution in [-0.2, 0) is 38.6 Å². The van der Waals surface area contributed by atoms with Gasteiger partial charge in [0.2, 0.25) is 11.8 Å². The van der Waals surface area contributed by atoms with Gasteiger partial charge < -0.3 is 45.5 Å². The number of methoxy groups -OCH3 is 1. The second-order valence-corrected chi connectivity index (χ2v) is 15.9. The molecule has 65 heavy (non-hydrogen) atoms. The summed E-state index contributed by atoms with van der Waals surface area (Å²) in [4.78, 5) is 71.6. The maximum absolute atomic E-state index is 14.8. The van der Waals surface area contributed by atoms with Crippen molar-refractivity contribution >= 4 is 67.3 Å². The monoisotopic (exact) mass is 867 g/mol. The number of pyridine rings is 1. The molecule has 5 aromatic carbocycles. The molecular formula is C51H45N7O7. The Hall–Kier alpha value is -8.39. The van der Waals surface area contributed by atoms with Crippen molar-refractivity contribution in [2.45, 2.75) is 44.5 Å². The number of hydrogen-bond acceptors (Lipinski definition) is 8. The third kappa shape index (κ3) is 8.82. The van der Waals surface area contributed by atoms with Crippen molar-refractivity contribution in [3.05, 3.63) is 162 Å². The number of nitrogens with one attached hydrogen (secondary N) is 6. The Morgan fingerprint density at radius 1 is 0.662 bits per heavy atom.